The lowest BCUT2D eigenvalue weighted by Crippen LogP contribution is -2.43. The number of rotatable bonds is 5. The lowest BCUT2D eigenvalue weighted by atomic mass is 10.0. The van der Waals surface area contributed by atoms with Crippen molar-refractivity contribution in [1.82, 2.24) is 5.32 Å². The Hall–Kier alpha value is -1.82. The van der Waals surface area contributed by atoms with Crippen LogP contribution in [0.3, 0.4) is 0 Å². The van der Waals surface area contributed by atoms with Crippen molar-refractivity contribution in [3.8, 4) is 0 Å². The van der Waals surface area contributed by atoms with Crippen LogP contribution in [0, 0.1) is 11.7 Å². The Morgan fingerprint density at radius 3 is 2.55 bits per heavy atom. The minimum absolute atomic E-state index is 0.0689. The first kappa shape index (κ1) is 16.2. The monoisotopic (exact) mass is 302 g/mol. The maximum Gasteiger partial charge on any atom is 0.326 e. The molecule has 3 N–H and O–H groups in total. The van der Waals surface area contributed by atoms with Crippen LogP contribution in [0.1, 0.15) is 20.3 Å². The van der Waals surface area contributed by atoms with Crippen molar-refractivity contribution in [1.29, 1.82) is 0 Å². The van der Waals surface area contributed by atoms with Gasteiger partial charge in [0.05, 0.1) is 5.69 Å². The Morgan fingerprint density at radius 1 is 1.40 bits per heavy atom. The number of carboxylic acid groups (broad SMARTS) is 1. The van der Waals surface area contributed by atoms with E-state index in [4.69, 9.17) is 16.7 Å². The minimum atomic E-state index is -1.13. The number of carbonyl (C=O) groups excluding carboxylic acids is 1. The van der Waals surface area contributed by atoms with Gasteiger partial charge in [-0.25, -0.2) is 14.0 Å². The molecule has 0 unspecified atom stereocenters. The molecule has 0 aliphatic carbocycles. The van der Waals surface area contributed by atoms with Gasteiger partial charge in [-0.3, -0.25) is 0 Å². The van der Waals surface area contributed by atoms with Crippen LogP contribution >= 0.6 is 11.6 Å². The Labute approximate surface area is 121 Å². The van der Waals surface area contributed by atoms with E-state index in [2.05, 4.69) is 10.6 Å². The zero-order valence-electron chi connectivity index (χ0n) is 11.1. The standard InChI is InChI=1S/C13H16ClFN2O3/c1-7(2)5-11(12(18)19)17-13(20)16-10-4-3-8(14)6-9(10)15/h3-4,6-7,11H,5H2,1-2H3,(H,18,19)(H2,16,17,20)/t11-/m1/s1. The summed E-state index contributed by atoms with van der Waals surface area (Å²) in [7, 11) is 0. The molecule has 0 saturated heterocycles. The van der Waals surface area contributed by atoms with Gasteiger partial charge in [-0.1, -0.05) is 25.4 Å². The van der Waals surface area contributed by atoms with Crippen molar-refractivity contribution in [2.45, 2.75) is 26.3 Å². The van der Waals surface area contributed by atoms with Crippen LogP contribution in [0.5, 0.6) is 0 Å². The average Bonchev–Trinajstić information content (AvgIpc) is 2.31. The number of amides is 2. The molecule has 1 aromatic carbocycles. The number of anilines is 1. The minimum Gasteiger partial charge on any atom is -0.480 e. The normalized spacial score (nSPS) is 12.1. The number of nitrogens with one attached hydrogen (secondary N) is 2. The number of halogens is 2. The summed E-state index contributed by atoms with van der Waals surface area (Å²) in [6, 6.07) is 1.98. The molecule has 0 aliphatic rings. The summed E-state index contributed by atoms with van der Waals surface area (Å²) < 4.78 is 13.5. The highest BCUT2D eigenvalue weighted by Gasteiger charge is 2.21. The zero-order chi connectivity index (χ0) is 15.3. The van der Waals surface area contributed by atoms with Crippen molar-refractivity contribution in [3.63, 3.8) is 0 Å². The van der Waals surface area contributed by atoms with Crippen molar-refractivity contribution in [2.24, 2.45) is 5.92 Å². The number of benzene rings is 1. The number of aliphatic carboxylic acids is 1. The molecule has 5 nitrogen and oxygen atoms in total. The quantitative estimate of drug-likeness (QED) is 0.782. The van der Waals surface area contributed by atoms with Crippen molar-refractivity contribution < 1.29 is 19.1 Å². The van der Waals surface area contributed by atoms with Crippen molar-refractivity contribution in [3.05, 3.63) is 29.0 Å². The van der Waals surface area contributed by atoms with Gasteiger partial charge in [0.1, 0.15) is 11.9 Å². The Balaban J connectivity index is 2.68. The van der Waals surface area contributed by atoms with E-state index in [9.17, 15) is 14.0 Å². The van der Waals surface area contributed by atoms with Crippen LogP contribution in [-0.2, 0) is 4.79 Å². The fraction of sp³-hybridized carbons (Fsp3) is 0.385. The summed E-state index contributed by atoms with van der Waals surface area (Å²) in [5, 5.41) is 13.7. The highest BCUT2D eigenvalue weighted by Crippen LogP contribution is 2.18. The fourth-order valence-corrected chi connectivity index (χ4v) is 1.76. The molecule has 0 spiro atoms. The van der Waals surface area contributed by atoms with Crippen molar-refractivity contribution >= 4 is 29.3 Å². The van der Waals surface area contributed by atoms with E-state index in [0.717, 1.165) is 6.07 Å². The third-order valence-electron chi connectivity index (χ3n) is 2.49. The van der Waals surface area contributed by atoms with Gasteiger partial charge in [0, 0.05) is 5.02 Å². The lowest BCUT2D eigenvalue weighted by molar-refractivity contribution is -0.139. The fourth-order valence-electron chi connectivity index (χ4n) is 1.60. The Kier molecular flexibility index (Phi) is 5.76. The maximum absolute atomic E-state index is 13.5. The van der Waals surface area contributed by atoms with Crippen LogP contribution in [0.25, 0.3) is 0 Å². The van der Waals surface area contributed by atoms with Gasteiger partial charge < -0.3 is 15.7 Å². The summed E-state index contributed by atoms with van der Waals surface area (Å²) in [6.07, 6.45) is 0.284. The van der Waals surface area contributed by atoms with E-state index in [-0.39, 0.29) is 23.0 Å². The van der Waals surface area contributed by atoms with Gasteiger partial charge in [-0.2, -0.15) is 0 Å². The molecule has 1 aromatic rings. The number of hydrogen-bond acceptors (Lipinski definition) is 2. The summed E-state index contributed by atoms with van der Waals surface area (Å²) in [5.41, 5.74) is -0.0689. The third kappa shape index (κ3) is 5.05. The molecule has 0 aromatic heterocycles. The smallest absolute Gasteiger partial charge is 0.326 e. The van der Waals surface area contributed by atoms with E-state index in [0.29, 0.717) is 0 Å². The van der Waals surface area contributed by atoms with Gasteiger partial charge >= 0.3 is 12.0 Å². The van der Waals surface area contributed by atoms with Crippen molar-refractivity contribution in [2.75, 3.05) is 5.32 Å². The first-order chi connectivity index (χ1) is 9.29. The largest absolute Gasteiger partial charge is 0.480 e. The molecule has 0 saturated carbocycles. The summed E-state index contributed by atoms with van der Waals surface area (Å²) >= 11 is 5.59. The predicted molar refractivity (Wildman–Crippen MR) is 74.4 cm³/mol. The van der Waals surface area contributed by atoms with Gasteiger partial charge in [0.2, 0.25) is 0 Å². The predicted octanol–water partition coefficient (Wildman–Crippen LogP) is 3.10. The van der Waals surface area contributed by atoms with Gasteiger partial charge in [-0.15, -0.1) is 0 Å². The van der Waals surface area contributed by atoms with Crippen LogP contribution in [0.2, 0.25) is 5.02 Å². The third-order valence-corrected chi connectivity index (χ3v) is 2.72. The summed E-state index contributed by atoms with van der Waals surface area (Å²) in [4.78, 5) is 22.7. The van der Waals surface area contributed by atoms with E-state index in [1.54, 1.807) is 0 Å². The number of urea groups is 1. The Bertz CT molecular complexity index is 508. The van der Waals surface area contributed by atoms with E-state index in [1.165, 1.54) is 12.1 Å². The molecule has 0 aliphatic heterocycles. The van der Waals surface area contributed by atoms with Crippen LogP contribution in [0.15, 0.2) is 18.2 Å². The molecule has 0 fully saturated rings. The summed E-state index contributed by atoms with van der Waals surface area (Å²) in [5.74, 6) is -1.72. The van der Waals surface area contributed by atoms with Crippen LogP contribution in [0.4, 0.5) is 14.9 Å². The van der Waals surface area contributed by atoms with E-state index < -0.39 is 23.9 Å². The van der Waals surface area contributed by atoms with Gasteiger partial charge in [0.25, 0.3) is 0 Å². The summed E-state index contributed by atoms with van der Waals surface area (Å²) in [6.45, 7) is 3.68. The lowest BCUT2D eigenvalue weighted by Gasteiger charge is -2.17. The van der Waals surface area contributed by atoms with Gasteiger partial charge in [0.15, 0.2) is 0 Å². The van der Waals surface area contributed by atoms with Gasteiger partial charge in [-0.05, 0) is 30.5 Å². The Morgan fingerprint density at radius 2 is 2.05 bits per heavy atom. The molecule has 0 bridgehead atoms. The second kappa shape index (κ2) is 7.09. The highest BCUT2D eigenvalue weighted by atomic mass is 35.5. The molecule has 0 heterocycles. The zero-order valence-corrected chi connectivity index (χ0v) is 11.9. The molecule has 1 atom stereocenters. The molecular weight excluding hydrogens is 287 g/mol. The average molecular weight is 303 g/mol. The molecule has 0 radical (unpaired) electrons. The van der Waals surface area contributed by atoms with Crippen LogP contribution in [-0.4, -0.2) is 23.1 Å². The molecule has 1 rings (SSSR count). The number of carbonyl (C=O) groups is 2. The number of carboxylic acids is 1. The molecule has 7 heteroatoms. The second-order valence-electron chi connectivity index (χ2n) is 4.74. The van der Waals surface area contributed by atoms with E-state index >= 15 is 0 Å². The first-order valence-electron chi connectivity index (χ1n) is 6.05. The SMILES string of the molecule is CC(C)C[C@@H](NC(=O)Nc1ccc(Cl)cc1F)C(=O)O. The first-order valence-corrected chi connectivity index (χ1v) is 6.42. The highest BCUT2D eigenvalue weighted by molar-refractivity contribution is 6.30. The maximum atomic E-state index is 13.5. The molecule has 110 valence electrons. The topological polar surface area (TPSA) is 78.4 Å². The molecule has 20 heavy (non-hydrogen) atoms. The van der Waals surface area contributed by atoms with E-state index in [1.807, 2.05) is 13.8 Å². The van der Waals surface area contributed by atoms with Crippen LogP contribution < -0.4 is 10.6 Å². The second-order valence-corrected chi connectivity index (χ2v) is 5.18. The molecular formula is C13H16ClFN2O3. The molecule has 2 amide bonds. The number of hydrogen-bond donors (Lipinski definition) is 3.